The van der Waals surface area contributed by atoms with Gasteiger partial charge in [-0.3, -0.25) is 9.59 Å². The molecule has 0 saturated heterocycles. The Morgan fingerprint density at radius 1 is 0.892 bits per heavy atom. The van der Waals surface area contributed by atoms with Gasteiger partial charge in [0.25, 0.3) is 5.91 Å². The number of hydrogen-bond donors (Lipinski definition) is 2. The van der Waals surface area contributed by atoms with Crippen molar-refractivity contribution in [2.45, 2.75) is 66.0 Å². The molecule has 1 atom stereocenters. The first kappa shape index (κ1) is 26.2. The number of carboxylic acid groups (broad SMARTS) is 1. The Bertz CT molecular complexity index is 1450. The third kappa shape index (κ3) is 5.93. The highest BCUT2D eigenvalue weighted by molar-refractivity contribution is 5.99. The molecule has 4 aromatic rings. The summed E-state index contributed by atoms with van der Waals surface area (Å²) in [6.07, 6.45) is 0.646. The van der Waals surface area contributed by atoms with Gasteiger partial charge in [-0.2, -0.15) is 0 Å². The number of carboxylic acids is 1. The van der Waals surface area contributed by atoms with Crippen LogP contribution in [0.4, 0.5) is 0 Å². The summed E-state index contributed by atoms with van der Waals surface area (Å²) in [6, 6.07) is 22.3. The number of carbonyl (C=O) groups excluding carboxylic acids is 1. The summed E-state index contributed by atoms with van der Waals surface area (Å²) in [7, 11) is 0. The van der Waals surface area contributed by atoms with Crippen LogP contribution >= 0.6 is 0 Å². The second-order valence-corrected chi connectivity index (χ2v) is 10.3. The van der Waals surface area contributed by atoms with Gasteiger partial charge in [0.2, 0.25) is 0 Å². The van der Waals surface area contributed by atoms with E-state index in [0.29, 0.717) is 24.4 Å². The Balaban J connectivity index is 1.56. The number of hydrogen-bond acceptors (Lipinski definition) is 2. The molecule has 1 heterocycles. The van der Waals surface area contributed by atoms with Gasteiger partial charge in [0.15, 0.2) is 0 Å². The number of amides is 1. The Labute approximate surface area is 219 Å². The average molecular weight is 497 g/mol. The van der Waals surface area contributed by atoms with Crippen LogP contribution < -0.4 is 5.32 Å². The van der Waals surface area contributed by atoms with Crippen LogP contribution in [0.15, 0.2) is 66.7 Å². The molecule has 5 heteroatoms. The summed E-state index contributed by atoms with van der Waals surface area (Å²) in [5, 5.41) is 13.2. The lowest BCUT2D eigenvalue weighted by Crippen LogP contribution is -2.26. The molecule has 37 heavy (non-hydrogen) atoms. The van der Waals surface area contributed by atoms with E-state index in [1.165, 1.54) is 5.56 Å². The van der Waals surface area contributed by atoms with Gasteiger partial charge in [0.05, 0.1) is 6.04 Å². The topological polar surface area (TPSA) is 71.3 Å². The van der Waals surface area contributed by atoms with E-state index in [4.69, 9.17) is 5.11 Å². The number of rotatable bonds is 9. The quantitative estimate of drug-likeness (QED) is 0.264. The summed E-state index contributed by atoms with van der Waals surface area (Å²) < 4.78 is 2.27. The van der Waals surface area contributed by atoms with Crippen molar-refractivity contribution < 1.29 is 14.7 Å². The zero-order valence-electron chi connectivity index (χ0n) is 22.3. The molecule has 0 aliphatic heterocycles. The lowest BCUT2D eigenvalue weighted by Gasteiger charge is -2.16. The number of nitrogens with one attached hydrogen (secondary N) is 1. The highest BCUT2D eigenvalue weighted by Crippen LogP contribution is 2.28. The van der Waals surface area contributed by atoms with Crippen LogP contribution in [-0.4, -0.2) is 21.6 Å². The van der Waals surface area contributed by atoms with Crippen molar-refractivity contribution in [3.63, 3.8) is 0 Å². The summed E-state index contributed by atoms with van der Waals surface area (Å²) >= 11 is 0. The molecule has 192 valence electrons. The molecule has 5 nitrogen and oxygen atoms in total. The molecule has 0 bridgehead atoms. The van der Waals surface area contributed by atoms with E-state index in [9.17, 15) is 9.59 Å². The SMILES string of the molecule is Cc1c(C)n(Cc2cccc(CCC(=O)O)c2)c2ccc(C(=O)N[C@@H](C)c3cccc(C(C)C)c3)cc12. The van der Waals surface area contributed by atoms with Gasteiger partial charge in [-0.25, -0.2) is 0 Å². The van der Waals surface area contributed by atoms with Crippen LogP contribution in [-0.2, 0) is 17.8 Å². The number of aromatic nitrogens is 1. The summed E-state index contributed by atoms with van der Waals surface area (Å²) in [4.78, 5) is 24.1. The van der Waals surface area contributed by atoms with Crippen molar-refractivity contribution >= 4 is 22.8 Å². The van der Waals surface area contributed by atoms with Gasteiger partial charge in [0, 0.05) is 35.1 Å². The van der Waals surface area contributed by atoms with E-state index in [2.05, 4.69) is 74.0 Å². The van der Waals surface area contributed by atoms with Crippen LogP contribution in [0.1, 0.15) is 83.0 Å². The molecule has 0 aliphatic carbocycles. The minimum absolute atomic E-state index is 0.0831. The highest BCUT2D eigenvalue weighted by Gasteiger charge is 2.17. The van der Waals surface area contributed by atoms with E-state index in [-0.39, 0.29) is 18.4 Å². The first-order valence-corrected chi connectivity index (χ1v) is 12.9. The monoisotopic (exact) mass is 496 g/mol. The Hall–Kier alpha value is -3.86. The molecular formula is C32H36N2O3. The summed E-state index contributed by atoms with van der Waals surface area (Å²) in [6.45, 7) is 11.2. The fourth-order valence-electron chi connectivity index (χ4n) is 4.86. The lowest BCUT2D eigenvalue weighted by molar-refractivity contribution is -0.136. The van der Waals surface area contributed by atoms with Crippen LogP contribution in [0, 0.1) is 13.8 Å². The second-order valence-electron chi connectivity index (χ2n) is 10.3. The van der Waals surface area contributed by atoms with E-state index >= 15 is 0 Å². The van der Waals surface area contributed by atoms with Gasteiger partial charge in [0.1, 0.15) is 0 Å². The average Bonchev–Trinajstić information content (AvgIpc) is 3.12. The van der Waals surface area contributed by atoms with Crippen molar-refractivity contribution in [3.05, 3.63) is 106 Å². The van der Waals surface area contributed by atoms with Crippen LogP contribution in [0.5, 0.6) is 0 Å². The third-order valence-corrected chi connectivity index (χ3v) is 7.29. The number of aliphatic carboxylic acids is 1. The molecule has 1 aromatic heterocycles. The maximum Gasteiger partial charge on any atom is 0.303 e. The molecule has 0 aliphatic rings. The molecule has 0 radical (unpaired) electrons. The van der Waals surface area contributed by atoms with Crippen LogP contribution in [0.3, 0.4) is 0 Å². The highest BCUT2D eigenvalue weighted by atomic mass is 16.4. The minimum atomic E-state index is -0.786. The normalized spacial score (nSPS) is 12.2. The lowest BCUT2D eigenvalue weighted by atomic mass is 9.98. The first-order chi connectivity index (χ1) is 17.6. The fraction of sp³-hybridized carbons (Fsp3) is 0.312. The van der Waals surface area contributed by atoms with Gasteiger partial charge in [-0.1, -0.05) is 62.4 Å². The van der Waals surface area contributed by atoms with Crippen molar-refractivity contribution in [3.8, 4) is 0 Å². The van der Waals surface area contributed by atoms with Gasteiger partial charge < -0.3 is 15.0 Å². The minimum Gasteiger partial charge on any atom is -0.481 e. The predicted octanol–water partition coefficient (Wildman–Crippen LogP) is 6.94. The van der Waals surface area contributed by atoms with Gasteiger partial charge in [-0.05, 0) is 79.1 Å². The van der Waals surface area contributed by atoms with Crippen molar-refractivity contribution in [2.24, 2.45) is 0 Å². The zero-order chi connectivity index (χ0) is 26.7. The van der Waals surface area contributed by atoms with Gasteiger partial charge >= 0.3 is 5.97 Å². The molecular weight excluding hydrogens is 460 g/mol. The molecule has 4 rings (SSSR count). The number of carbonyl (C=O) groups is 2. The number of aryl methyl sites for hydroxylation is 2. The summed E-state index contributed by atoms with van der Waals surface area (Å²) in [5.41, 5.74) is 8.56. The fourth-order valence-corrected chi connectivity index (χ4v) is 4.86. The maximum absolute atomic E-state index is 13.2. The molecule has 0 spiro atoms. The molecule has 0 unspecified atom stereocenters. The Kier molecular flexibility index (Phi) is 7.82. The van der Waals surface area contributed by atoms with E-state index in [0.717, 1.165) is 38.9 Å². The van der Waals surface area contributed by atoms with Gasteiger partial charge in [-0.15, -0.1) is 0 Å². The van der Waals surface area contributed by atoms with Crippen molar-refractivity contribution in [1.82, 2.24) is 9.88 Å². The molecule has 1 amide bonds. The zero-order valence-corrected chi connectivity index (χ0v) is 22.3. The van der Waals surface area contributed by atoms with Crippen LogP contribution in [0.25, 0.3) is 10.9 Å². The largest absolute Gasteiger partial charge is 0.481 e. The van der Waals surface area contributed by atoms with E-state index in [1.54, 1.807) is 0 Å². The molecule has 3 aromatic carbocycles. The molecule has 0 saturated carbocycles. The Morgan fingerprint density at radius 3 is 2.32 bits per heavy atom. The van der Waals surface area contributed by atoms with E-state index in [1.807, 2.05) is 37.3 Å². The summed E-state index contributed by atoms with van der Waals surface area (Å²) in [5.74, 6) is -0.431. The second kappa shape index (κ2) is 11.0. The first-order valence-electron chi connectivity index (χ1n) is 12.9. The van der Waals surface area contributed by atoms with Crippen molar-refractivity contribution in [2.75, 3.05) is 0 Å². The third-order valence-electron chi connectivity index (χ3n) is 7.29. The number of nitrogens with zero attached hydrogens (tertiary/aromatic N) is 1. The molecule has 0 fully saturated rings. The smallest absolute Gasteiger partial charge is 0.303 e. The number of benzene rings is 3. The van der Waals surface area contributed by atoms with E-state index < -0.39 is 5.97 Å². The van der Waals surface area contributed by atoms with Crippen LogP contribution in [0.2, 0.25) is 0 Å². The predicted molar refractivity (Wildman–Crippen MR) is 149 cm³/mol. The molecule has 2 N–H and O–H groups in total. The standard InChI is InChI=1S/C32H36N2O3/c1-20(2)26-10-7-11-27(17-26)22(4)33-32(37)28-13-14-30-29(18-28)21(3)23(5)34(30)19-25-9-6-8-24(16-25)12-15-31(35)36/h6-11,13-14,16-18,20,22H,12,15,19H2,1-5H3,(H,33,37)(H,35,36)/t22-/m0/s1. The van der Waals surface area contributed by atoms with Crippen molar-refractivity contribution in [1.29, 1.82) is 0 Å². The number of fused-ring (bicyclic) bond motifs is 1. The maximum atomic E-state index is 13.2. The Morgan fingerprint density at radius 2 is 1.59 bits per heavy atom.